The number of hydrogen-bond acceptors (Lipinski definition) is 6. The van der Waals surface area contributed by atoms with E-state index in [0.29, 0.717) is 24.2 Å². The number of carbonyl (C=O) groups is 2. The number of para-hydroxylation sites is 2. The lowest BCUT2D eigenvalue weighted by Gasteiger charge is -2.16. The van der Waals surface area contributed by atoms with Gasteiger partial charge in [0.1, 0.15) is 17.7 Å². The number of pyridine rings is 1. The summed E-state index contributed by atoms with van der Waals surface area (Å²) in [6.45, 7) is 0. The molecular weight excluding hydrogens is 432 g/mol. The summed E-state index contributed by atoms with van der Waals surface area (Å²) in [5.41, 5.74) is 4.54. The number of aromatic amines is 2. The van der Waals surface area contributed by atoms with Gasteiger partial charge in [0, 0.05) is 29.9 Å². The maximum absolute atomic E-state index is 13.0. The quantitative estimate of drug-likeness (QED) is 0.324. The van der Waals surface area contributed by atoms with Gasteiger partial charge in [-0.05, 0) is 48.9 Å². The summed E-state index contributed by atoms with van der Waals surface area (Å²) >= 11 is 0. The van der Waals surface area contributed by atoms with Crippen molar-refractivity contribution in [1.82, 2.24) is 30.2 Å². The lowest BCUT2D eigenvalue weighted by molar-refractivity contribution is -0.143. The van der Waals surface area contributed by atoms with Gasteiger partial charge in [-0.2, -0.15) is 0 Å². The van der Waals surface area contributed by atoms with Crippen molar-refractivity contribution in [3.63, 3.8) is 0 Å². The molecule has 34 heavy (non-hydrogen) atoms. The van der Waals surface area contributed by atoms with Crippen LogP contribution in [-0.4, -0.2) is 49.9 Å². The zero-order valence-corrected chi connectivity index (χ0v) is 18.4. The number of fused-ring (bicyclic) bond motifs is 2. The number of aryl methyl sites for hydroxylation is 1. The van der Waals surface area contributed by atoms with Crippen molar-refractivity contribution in [3.8, 4) is 11.4 Å². The van der Waals surface area contributed by atoms with Crippen LogP contribution >= 0.6 is 0 Å². The number of benzene rings is 2. The summed E-state index contributed by atoms with van der Waals surface area (Å²) in [4.78, 5) is 44.9. The van der Waals surface area contributed by atoms with Crippen molar-refractivity contribution in [1.29, 1.82) is 0 Å². The standard InChI is InChI=1S/C25H22N6O3/c1-34-25(33)20(8-9-22-27-17-4-2-3-5-18(17)28-22)31-24(32)16-6-7-19-21(14-16)30-23(29-19)15-10-12-26-13-11-15/h2-7,10-14,20H,8-9H2,1H3,(H,27,28)(H,29,30)(H,31,32). The Morgan fingerprint density at radius 1 is 0.971 bits per heavy atom. The highest BCUT2D eigenvalue weighted by Gasteiger charge is 2.23. The monoisotopic (exact) mass is 454 g/mol. The molecule has 3 aromatic heterocycles. The number of nitrogens with zero attached hydrogens (tertiary/aromatic N) is 3. The molecule has 0 saturated heterocycles. The molecule has 0 spiro atoms. The third-order valence-electron chi connectivity index (χ3n) is 5.60. The number of amides is 1. The molecule has 3 heterocycles. The van der Waals surface area contributed by atoms with Crippen LogP contribution in [0.2, 0.25) is 0 Å². The molecule has 1 unspecified atom stereocenters. The first kappa shape index (κ1) is 21.3. The van der Waals surface area contributed by atoms with Gasteiger partial charge in [-0.25, -0.2) is 14.8 Å². The van der Waals surface area contributed by atoms with Crippen LogP contribution in [0, 0.1) is 0 Å². The number of aromatic nitrogens is 5. The number of ether oxygens (including phenoxy) is 1. The molecule has 9 nitrogen and oxygen atoms in total. The van der Waals surface area contributed by atoms with Crippen molar-refractivity contribution >= 4 is 33.9 Å². The zero-order chi connectivity index (χ0) is 23.5. The molecule has 2 aromatic carbocycles. The predicted octanol–water partition coefficient (Wildman–Crippen LogP) is 3.41. The van der Waals surface area contributed by atoms with Gasteiger partial charge >= 0.3 is 5.97 Å². The van der Waals surface area contributed by atoms with Crippen molar-refractivity contribution in [3.05, 3.63) is 78.4 Å². The van der Waals surface area contributed by atoms with E-state index in [4.69, 9.17) is 4.74 Å². The number of methoxy groups -OCH3 is 1. The fourth-order valence-corrected chi connectivity index (χ4v) is 3.84. The van der Waals surface area contributed by atoms with Crippen molar-refractivity contribution < 1.29 is 14.3 Å². The third-order valence-corrected chi connectivity index (χ3v) is 5.60. The summed E-state index contributed by atoms with van der Waals surface area (Å²) in [6, 6.07) is 15.8. The topological polar surface area (TPSA) is 126 Å². The molecule has 5 aromatic rings. The molecule has 0 aliphatic heterocycles. The van der Waals surface area contributed by atoms with Gasteiger partial charge in [0.05, 0.1) is 29.2 Å². The Morgan fingerprint density at radius 3 is 2.56 bits per heavy atom. The molecule has 1 atom stereocenters. The SMILES string of the molecule is COC(=O)C(CCc1nc2ccccc2[nH]1)NC(=O)c1ccc2nc(-c3ccncc3)[nH]c2c1. The zero-order valence-electron chi connectivity index (χ0n) is 18.4. The minimum atomic E-state index is -0.810. The molecule has 0 aliphatic rings. The van der Waals surface area contributed by atoms with Crippen molar-refractivity contribution in [2.45, 2.75) is 18.9 Å². The summed E-state index contributed by atoms with van der Waals surface area (Å²) in [6.07, 6.45) is 4.21. The third kappa shape index (κ3) is 4.36. The fraction of sp³-hybridized carbons (Fsp3) is 0.160. The van der Waals surface area contributed by atoms with Gasteiger partial charge in [-0.1, -0.05) is 12.1 Å². The maximum Gasteiger partial charge on any atom is 0.328 e. The number of nitrogens with one attached hydrogen (secondary N) is 3. The highest BCUT2D eigenvalue weighted by Crippen LogP contribution is 2.21. The van der Waals surface area contributed by atoms with Crippen LogP contribution < -0.4 is 5.32 Å². The molecule has 9 heteroatoms. The van der Waals surface area contributed by atoms with Crippen molar-refractivity contribution in [2.75, 3.05) is 7.11 Å². The van der Waals surface area contributed by atoms with Gasteiger partial charge in [-0.3, -0.25) is 9.78 Å². The normalized spacial score (nSPS) is 12.0. The van der Waals surface area contributed by atoms with Gasteiger partial charge in [-0.15, -0.1) is 0 Å². The van der Waals surface area contributed by atoms with Crippen LogP contribution in [0.5, 0.6) is 0 Å². The maximum atomic E-state index is 13.0. The molecule has 1 amide bonds. The van der Waals surface area contributed by atoms with Gasteiger partial charge in [0.2, 0.25) is 0 Å². The summed E-state index contributed by atoms with van der Waals surface area (Å²) < 4.78 is 4.91. The Kier molecular flexibility index (Phi) is 5.73. The van der Waals surface area contributed by atoms with E-state index in [0.717, 1.165) is 33.5 Å². The second-order valence-corrected chi connectivity index (χ2v) is 7.84. The van der Waals surface area contributed by atoms with Crippen LogP contribution in [-0.2, 0) is 16.0 Å². The molecule has 0 aliphatic carbocycles. The van der Waals surface area contributed by atoms with Crippen molar-refractivity contribution in [2.24, 2.45) is 0 Å². The van der Waals surface area contributed by atoms with E-state index in [9.17, 15) is 9.59 Å². The molecular formula is C25H22N6O3. The number of carbonyl (C=O) groups excluding carboxylic acids is 2. The smallest absolute Gasteiger partial charge is 0.328 e. The van der Waals surface area contributed by atoms with Gasteiger partial charge in [0.25, 0.3) is 5.91 Å². The van der Waals surface area contributed by atoms with Crippen LogP contribution in [0.25, 0.3) is 33.5 Å². The molecule has 0 saturated carbocycles. The van der Waals surface area contributed by atoms with E-state index in [-0.39, 0.29) is 5.91 Å². The second kappa shape index (κ2) is 9.14. The van der Waals surface area contributed by atoms with Crippen LogP contribution in [0.1, 0.15) is 22.6 Å². The Morgan fingerprint density at radius 2 is 1.76 bits per heavy atom. The van der Waals surface area contributed by atoms with E-state index < -0.39 is 12.0 Å². The Labute approximate surface area is 194 Å². The summed E-state index contributed by atoms with van der Waals surface area (Å²) in [5.74, 6) is 0.550. The number of H-pyrrole nitrogens is 2. The highest BCUT2D eigenvalue weighted by atomic mass is 16.5. The van der Waals surface area contributed by atoms with Crippen LogP contribution in [0.15, 0.2) is 67.0 Å². The first-order valence-electron chi connectivity index (χ1n) is 10.8. The largest absolute Gasteiger partial charge is 0.467 e. The highest BCUT2D eigenvalue weighted by molar-refractivity contribution is 5.99. The molecule has 0 fully saturated rings. The summed E-state index contributed by atoms with van der Waals surface area (Å²) in [7, 11) is 1.31. The van der Waals surface area contributed by atoms with E-state index in [2.05, 4.69) is 30.2 Å². The molecule has 3 N–H and O–H groups in total. The number of rotatable bonds is 7. The Bertz CT molecular complexity index is 1440. The average Bonchev–Trinajstić information content (AvgIpc) is 3.49. The average molecular weight is 454 g/mol. The first-order chi connectivity index (χ1) is 16.6. The van der Waals surface area contributed by atoms with Crippen LogP contribution in [0.4, 0.5) is 0 Å². The molecule has 0 radical (unpaired) electrons. The lowest BCUT2D eigenvalue weighted by atomic mass is 10.1. The molecule has 0 bridgehead atoms. The first-order valence-corrected chi connectivity index (χ1v) is 10.8. The number of imidazole rings is 2. The second-order valence-electron chi connectivity index (χ2n) is 7.84. The summed E-state index contributed by atoms with van der Waals surface area (Å²) in [5, 5.41) is 2.79. The molecule has 170 valence electrons. The Balaban J connectivity index is 1.31. The van der Waals surface area contributed by atoms with Crippen LogP contribution in [0.3, 0.4) is 0 Å². The van der Waals surface area contributed by atoms with Gasteiger partial charge < -0.3 is 20.0 Å². The predicted molar refractivity (Wildman–Crippen MR) is 127 cm³/mol. The Hall–Kier alpha value is -4.53. The minimum absolute atomic E-state index is 0.344. The minimum Gasteiger partial charge on any atom is -0.467 e. The van der Waals surface area contributed by atoms with Gasteiger partial charge in [0.15, 0.2) is 0 Å². The van der Waals surface area contributed by atoms with E-state index in [1.54, 1.807) is 30.6 Å². The number of hydrogen-bond donors (Lipinski definition) is 3. The van der Waals surface area contributed by atoms with E-state index in [1.807, 2.05) is 36.4 Å². The molecule has 5 rings (SSSR count). The van der Waals surface area contributed by atoms with E-state index >= 15 is 0 Å². The fourth-order valence-electron chi connectivity index (χ4n) is 3.84. The lowest BCUT2D eigenvalue weighted by Crippen LogP contribution is -2.41. The number of esters is 1. The van der Waals surface area contributed by atoms with E-state index in [1.165, 1.54) is 7.11 Å².